The summed E-state index contributed by atoms with van der Waals surface area (Å²) in [4.78, 5) is 4.48. The Morgan fingerprint density at radius 3 is 2.94 bits per heavy atom. The van der Waals surface area contributed by atoms with Gasteiger partial charge in [0.2, 0.25) is 5.95 Å². The van der Waals surface area contributed by atoms with Crippen LogP contribution >= 0.6 is 0 Å². The molecule has 0 atom stereocenters. The van der Waals surface area contributed by atoms with Crippen LogP contribution in [0, 0.1) is 6.92 Å². The van der Waals surface area contributed by atoms with Gasteiger partial charge in [0.1, 0.15) is 0 Å². The van der Waals surface area contributed by atoms with Crippen LogP contribution in [0.2, 0.25) is 0 Å². The van der Waals surface area contributed by atoms with Gasteiger partial charge in [-0.05, 0) is 50.8 Å². The molecule has 2 heterocycles. The molecule has 1 aliphatic carbocycles. The molecule has 1 aliphatic rings. The van der Waals surface area contributed by atoms with E-state index >= 15 is 0 Å². The van der Waals surface area contributed by atoms with E-state index in [4.69, 9.17) is 0 Å². The molecule has 0 unspecified atom stereocenters. The molecule has 0 aliphatic heterocycles. The van der Waals surface area contributed by atoms with E-state index < -0.39 is 0 Å². The van der Waals surface area contributed by atoms with Crippen LogP contribution in [0.1, 0.15) is 31.7 Å². The highest BCUT2D eigenvalue weighted by molar-refractivity contribution is 5.46. The maximum atomic E-state index is 4.48. The minimum Gasteiger partial charge on any atom is -0.348 e. The van der Waals surface area contributed by atoms with Gasteiger partial charge in [0.25, 0.3) is 0 Å². The highest BCUT2D eigenvalue weighted by Crippen LogP contribution is 2.33. The molecule has 2 aromatic heterocycles. The van der Waals surface area contributed by atoms with Gasteiger partial charge in [0.05, 0.1) is 0 Å². The number of aromatic nitrogens is 3. The number of aryl methyl sites for hydroxylation is 1. The lowest BCUT2D eigenvalue weighted by Crippen LogP contribution is -2.41. The zero-order chi connectivity index (χ0) is 11.2. The fourth-order valence-corrected chi connectivity index (χ4v) is 2.14. The second-order valence-corrected chi connectivity index (χ2v) is 4.98. The summed E-state index contributed by atoms with van der Waals surface area (Å²) in [5, 5.41) is 7.84. The van der Waals surface area contributed by atoms with Gasteiger partial charge >= 0.3 is 0 Å². The van der Waals surface area contributed by atoms with E-state index in [-0.39, 0.29) is 5.54 Å². The Balaban J connectivity index is 1.93. The van der Waals surface area contributed by atoms with Crippen LogP contribution in [0.25, 0.3) is 5.65 Å². The molecule has 0 saturated heterocycles. The number of nitrogens with one attached hydrogen (secondary N) is 1. The molecule has 0 spiro atoms. The number of hydrogen-bond donors (Lipinski definition) is 1. The van der Waals surface area contributed by atoms with E-state index in [0.29, 0.717) is 0 Å². The molecule has 16 heavy (non-hydrogen) atoms. The van der Waals surface area contributed by atoms with Crippen LogP contribution in [-0.4, -0.2) is 20.1 Å². The van der Waals surface area contributed by atoms with Crippen molar-refractivity contribution in [1.82, 2.24) is 14.6 Å². The van der Waals surface area contributed by atoms with Gasteiger partial charge in [-0.25, -0.2) is 4.52 Å². The smallest absolute Gasteiger partial charge is 0.243 e. The Kier molecular flexibility index (Phi) is 1.93. The van der Waals surface area contributed by atoms with Crippen molar-refractivity contribution in [2.75, 3.05) is 5.32 Å². The molecule has 0 aromatic carbocycles. The third-order valence-corrected chi connectivity index (χ3v) is 3.36. The highest BCUT2D eigenvalue weighted by Gasteiger charge is 2.32. The van der Waals surface area contributed by atoms with Gasteiger partial charge in [0.15, 0.2) is 5.65 Å². The van der Waals surface area contributed by atoms with Gasteiger partial charge in [-0.2, -0.15) is 4.98 Å². The predicted molar refractivity (Wildman–Crippen MR) is 63.6 cm³/mol. The van der Waals surface area contributed by atoms with Gasteiger partial charge in [-0.3, -0.25) is 0 Å². The number of anilines is 1. The Bertz CT molecular complexity index is 525. The SMILES string of the molecule is Cc1ccn2nc(NC3(C)CCC3)nc2c1. The Morgan fingerprint density at radius 2 is 2.25 bits per heavy atom. The predicted octanol–water partition coefficient (Wildman–Crippen LogP) is 2.39. The van der Waals surface area contributed by atoms with Crippen molar-refractivity contribution in [3.05, 3.63) is 23.9 Å². The number of nitrogens with zero attached hydrogens (tertiary/aromatic N) is 3. The van der Waals surface area contributed by atoms with Crippen molar-refractivity contribution in [2.45, 2.75) is 38.6 Å². The first kappa shape index (κ1) is 9.63. The average molecular weight is 216 g/mol. The first-order valence-electron chi connectivity index (χ1n) is 5.76. The van der Waals surface area contributed by atoms with Crippen LogP contribution in [0.15, 0.2) is 18.3 Å². The molecular weight excluding hydrogens is 200 g/mol. The topological polar surface area (TPSA) is 42.2 Å². The third-order valence-electron chi connectivity index (χ3n) is 3.36. The van der Waals surface area contributed by atoms with E-state index in [1.807, 2.05) is 22.8 Å². The fourth-order valence-electron chi connectivity index (χ4n) is 2.14. The van der Waals surface area contributed by atoms with Crippen molar-refractivity contribution in [3.63, 3.8) is 0 Å². The van der Waals surface area contributed by atoms with Crippen LogP contribution in [-0.2, 0) is 0 Å². The molecule has 3 rings (SSSR count). The summed E-state index contributed by atoms with van der Waals surface area (Å²) in [6.07, 6.45) is 5.67. The van der Waals surface area contributed by atoms with Crippen LogP contribution < -0.4 is 5.32 Å². The van der Waals surface area contributed by atoms with E-state index in [9.17, 15) is 0 Å². The summed E-state index contributed by atoms with van der Waals surface area (Å²) in [5.41, 5.74) is 2.33. The second-order valence-electron chi connectivity index (χ2n) is 4.98. The first-order chi connectivity index (χ1) is 7.65. The molecule has 1 N–H and O–H groups in total. The van der Waals surface area contributed by atoms with E-state index in [1.54, 1.807) is 0 Å². The van der Waals surface area contributed by atoms with Gasteiger partial charge in [0, 0.05) is 11.7 Å². The summed E-state index contributed by atoms with van der Waals surface area (Å²) in [6, 6.07) is 4.08. The van der Waals surface area contributed by atoms with Crippen molar-refractivity contribution in [2.24, 2.45) is 0 Å². The molecule has 0 radical (unpaired) electrons. The zero-order valence-electron chi connectivity index (χ0n) is 9.70. The van der Waals surface area contributed by atoms with Crippen LogP contribution in [0.4, 0.5) is 5.95 Å². The van der Waals surface area contributed by atoms with E-state index in [0.717, 1.165) is 11.6 Å². The Hall–Kier alpha value is -1.58. The average Bonchev–Trinajstić information content (AvgIpc) is 2.56. The maximum absolute atomic E-state index is 4.48. The zero-order valence-corrected chi connectivity index (χ0v) is 9.70. The number of hydrogen-bond acceptors (Lipinski definition) is 3. The number of fused-ring (bicyclic) bond motifs is 1. The van der Waals surface area contributed by atoms with Gasteiger partial charge in [-0.15, -0.1) is 5.10 Å². The molecule has 2 aromatic rings. The second kappa shape index (κ2) is 3.20. The largest absolute Gasteiger partial charge is 0.348 e. The molecule has 1 saturated carbocycles. The summed E-state index contributed by atoms with van der Waals surface area (Å²) >= 11 is 0. The molecule has 0 amide bonds. The molecular formula is C12H16N4. The monoisotopic (exact) mass is 216 g/mol. The van der Waals surface area contributed by atoms with E-state index in [1.165, 1.54) is 24.8 Å². The van der Waals surface area contributed by atoms with Crippen molar-refractivity contribution < 1.29 is 0 Å². The summed E-state index contributed by atoms with van der Waals surface area (Å²) in [6.45, 7) is 4.29. The summed E-state index contributed by atoms with van der Waals surface area (Å²) in [5.74, 6) is 0.743. The number of rotatable bonds is 2. The highest BCUT2D eigenvalue weighted by atomic mass is 15.4. The fraction of sp³-hybridized carbons (Fsp3) is 0.500. The minimum atomic E-state index is 0.208. The van der Waals surface area contributed by atoms with Crippen molar-refractivity contribution >= 4 is 11.6 Å². The lowest BCUT2D eigenvalue weighted by molar-refractivity contribution is 0.305. The minimum absolute atomic E-state index is 0.208. The summed E-state index contributed by atoms with van der Waals surface area (Å²) < 4.78 is 1.82. The van der Waals surface area contributed by atoms with Crippen molar-refractivity contribution in [1.29, 1.82) is 0 Å². The van der Waals surface area contributed by atoms with Crippen molar-refractivity contribution in [3.8, 4) is 0 Å². The maximum Gasteiger partial charge on any atom is 0.243 e. The lowest BCUT2D eigenvalue weighted by atomic mass is 9.79. The van der Waals surface area contributed by atoms with Crippen LogP contribution in [0.5, 0.6) is 0 Å². The van der Waals surface area contributed by atoms with Gasteiger partial charge < -0.3 is 5.32 Å². The standard InChI is InChI=1S/C12H16N4/c1-9-4-7-16-10(8-9)13-11(15-16)14-12(2)5-3-6-12/h4,7-8H,3,5-6H2,1-2H3,(H,14,15). The van der Waals surface area contributed by atoms with Gasteiger partial charge in [-0.1, -0.05) is 0 Å². The lowest BCUT2D eigenvalue weighted by Gasteiger charge is -2.38. The van der Waals surface area contributed by atoms with Crippen LogP contribution in [0.3, 0.4) is 0 Å². The molecule has 0 bridgehead atoms. The molecule has 4 heteroatoms. The third kappa shape index (κ3) is 1.54. The Morgan fingerprint density at radius 1 is 1.44 bits per heavy atom. The normalized spacial score (nSPS) is 18.4. The summed E-state index contributed by atoms with van der Waals surface area (Å²) in [7, 11) is 0. The molecule has 4 nitrogen and oxygen atoms in total. The number of pyridine rings is 1. The molecule has 1 fully saturated rings. The molecule has 84 valence electrons. The quantitative estimate of drug-likeness (QED) is 0.838. The first-order valence-corrected chi connectivity index (χ1v) is 5.76. The Labute approximate surface area is 94.7 Å². The van der Waals surface area contributed by atoms with E-state index in [2.05, 4.69) is 29.2 Å².